The van der Waals surface area contributed by atoms with Gasteiger partial charge >= 0.3 is 0 Å². The molecule has 1 aromatic rings. The highest BCUT2D eigenvalue weighted by Gasteiger charge is 2.09. The van der Waals surface area contributed by atoms with Crippen LogP contribution < -0.4 is 5.32 Å². The monoisotopic (exact) mass is 255 g/mol. The summed E-state index contributed by atoms with van der Waals surface area (Å²) in [6.07, 6.45) is 4.51. The van der Waals surface area contributed by atoms with E-state index in [9.17, 15) is 0 Å². The van der Waals surface area contributed by atoms with Gasteiger partial charge in [-0.1, -0.05) is 11.6 Å². The summed E-state index contributed by atoms with van der Waals surface area (Å²) in [6, 6.07) is 1.90. The van der Waals surface area contributed by atoms with Gasteiger partial charge in [0.2, 0.25) is 0 Å². The van der Waals surface area contributed by atoms with Gasteiger partial charge in [-0.15, -0.1) is 0 Å². The van der Waals surface area contributed by atoms with E-state index in [4.69, 9.17) is 16.3 Å². The molecule has 2 rings (SSSR count). The van der Waals surface area contributed by atoms with Crippen molar-refractivity contribution < 1.29 is 4.74 Å². The predicted octanol–water partition coefficient (Wildman–Crippen LogP) is 1.87. The standard InChI is InChI=1S/C12H18ClN3O/c13-11-10-14-4-2-12(11)15-3-1-5-16-6-8-17-9-7-16/h2,4,10H,1,3,5-9H2,(H,14,15). The number of rotatable bonds is 5. The molecule has 4 nitrogen and oxygen atoms in total. The van der Waals surface area contributed by atoms with E-state index in [0.29, 0.717) is 5.02 Å². The number of aromatic nitrogens is 1. The maximum absolute atomic E-state index is 6.00. The predicted molar refractivity (Wildman–Crippen MR) is 69.6 cm³/mol. The van der Waals surface area contributed by atoms with E-state index >= 15 is 0 Å². The second-order valence-electron chi connectivity index (χ2n) is 4.09. The quantitative estimate of drug-likeness (QED) is 0.816. The Balaban J connectivity index is 1.64. The van der Waals surface area contributed by atoms with Crippen LogP contribution in [0.25, 0.3) is 0 Å². The third kappa shape index (κ3) is 4.15. The zero-order valence-corrected chi connectivity index (χ0v) is 10.6. The van der Waals surface area contributed by atoms with Gasteiger partial charge in [0, 0.05) is 32.0 Å². The fraction of sp³-hybridized carbons (Fsp3) is 0.583. The topological polar surface area (TPSA) is 37.4 Å². The normalized spacial score (nSPS) is 17.0. The average molecular weight is 256 g/mol. The van der Waals surface area contributed by atoms with E-state index in [1.165, 1.54) is 0 Å². The molecule has 1 N–H and O–H groups in total. The molecular weight excluding hydrogens is 238 g/mol. The van der Waals surface area contributed by atoms with Gasteiger partial charge in [0.15, 0.2) is 0 Å². The smallest absolute Gasteiger partial charge is 0.0820 e. The van der Waals surface area contributed by atoms with Gasteiger partial charge in [0.25, 0.3) is 0 Å². The number of nitrogens with zero attached hydrogens (tertiary/aromatic N) is 2. The molecule has 0 saturated carbocycles. The largest absolute Gasteiger partial charge is 0.384 e. The number of ether oxygens (including phenoxy) is 1. The third-order valence-corrected chi connectivity index (χ3v) is 3.14. The second-order valence-corrected chi connectivity index (χ2v) is 4.50. The Morgan fingerprint density at radius 2 is 2.24 bits per heavy atom. The van der Waals surface area contributed by atoms with E-state index in [0.717, 1.165) is 51.5 Å². The Morgan fingerprint density at radius 1 is 1.41 bits per heavy atom. The van der Waals surface area contributed by atoms with Gasteiger partial charge in [-0.25, -0.2) is 0 Å². The fourth-order valence-electron chi connectivity index (χ4n) is 1.87. The van der Waals surface area contributed by atoms with Crippen molar-refractivity contribution in [2.75, 3.05) is 44.7 Å². The summed E-state index contributed by atoms with van der Waals surface area (Å²) in [5, 5.41) is 4.00. The van der Waals surface area contributed by atoms with Gasteiger partial charge in [-0.3, -0.25) is 9.88 Å². The molecule has 0 atom stereocenters. The van der Waals surface area contributed by atoms with Crippen LogP contribution in [-0.2, 0) is 4.74 Å². The Bertz CT molecular complexity index is 342. The van der Waals surface area contributed by atoms with Crippen molar-refractivity contribution >= 4 is 17.3 Å². The summed E-state index contributed by atoms with van der Waals surface area (Å²) in [6.45, 7) is 5.87. The lowest BCUT2D eigenvalue weighted by Gasteiger charge is -2.26. The maximum Gasteiger partial charge on any atom is 0.0820 e. The first-order chi connectivity index (χ1) is 8.36. The first-order valence-corrected chi connectivity index (χ1v) is 6.37. The number of morpholine rings is 1. The molecule has 17 heavy (non-hydrogen) atoms. The van der Waals surface area contributed by atoms with Crippen LogP contribution in [0.15, 0.2) is 18.5 Å². The molecule has 0 amide bonds. The van der Waals surface area contributed by atoms with E-state index in [1.54, 1.807) is 12.4 Å². The van der Waals surface area contributed by atoms with Crippen LogP contribution in [0.3, 0.4) is 0 Å². The lowest BCUT2D eigenvalue weighted by molar-refractivity contribution is 0.0378. The molecule has 1 aliphatic heterocycles. The van der Waals surface area contributed by atoms with E-state index in [2.05, 4.69) is 15.2 Å². The molecule has 0 radical (unpaired) electrons. The highest BCUT2D eigenvalue weighted by Crippen LogP contribution is 2.18. The first kappa shape index (κ1) is 12.6. The summed E-state index contributed by atoms with van der Waals surface area (Å²) >= 11 is 6.00. The van der Waals surface area contributed by atoms with Gasteiger partial charge in [-0.2, -0.15) is 0 Å². The second kappa shape index (κ2) is 6.79. The van der Waals surface area contributed by atoms with Crippen molar-refractivity contribution in [3.63, 3.8) is 0 Å². The van der Waals surface area contributed by atoms with Gasteiger partial charge in [0.05, 0.1) is 23.9 Å². The van der Waals surface area contributed by atoms with Crippen LogP contribution >= 0.6 is 11.6 Å². The molecule has 1 saturated heterocycles. The summed E-state index contributed by atoms with van der Waals surface area (Å²) in [5.74, 6) is 0. The Hall–Kier alpha value is -0.840. The molecule has 1 aliphatic rings. The Kier molecular flexibility index (Phi) is 5.04. The van der Waals surface area contributed by atoms with Crippen molar-refractivity contribution in [1.82, 2.24) is 9.88 Å². The summed E-state index contributed by atoms with van der Waals surface area (Å²) in [4.78, 5) is 6.38. The lowest BCUT2D eigenvalue weighted by atomic mass is 10.3. The van der Waals surface area contributed by atoms with E-state index in [1.807, 2.05) is 6.07 Å². The Morgan fingerprint density at radius 3 is 3.00 bits per heavy atom. The summed E-state index contributed by atoms with van der Waals surface area (Å²) in [5.41, 5.74) is 0.962. The minimum absolute atomic E-state index is 0.680. The van der Waals surface area contributed by atoms with E-state index in [-0.39, 0.29) is 0 Å². The van der Waals surface area contributed by atoms with Crippen LogP contribution in [0.5, 0.6) is 0 Å². The zero-order valence-electron chi connectivity index (χ0n) is 9.86. The van der Waals surface area contributed by atoms with Crippen molar-refractivity contribution in [1.29, 1.82) is 0 Å². The molecule has 0 aromatic carbocycles. The molecule has 1 aromatic heterocycles. The van der Waals surface area contributed by atoms with Crippen LogP contribution in [0.2, 0.25) is 5.02 Å². The van der Waals surface area contributed by atoms with Gasteiger partial charge < -0.3 is 10.1 Å². The average Bonchev–Trinajstić information content (AvgIpc) is 2.38. The van der Waals surface area contributed by atoms with E-state index < -0.39 is 0 Å². The summed E-state index contributed by atoms with van der Waals surface area (Å²) < 4.78 is 5.31. The molecule has 0 spiro atoms. The fourth-order valence-corrected chi connectivity index (χ4v) is 2.06. The number of anilines is 1. The number of nitrogens with one attached hydrogen (secondary N) is 1. The molecule has 5 heteroatoms. The SMILES string of the molecule is Clc1cnccc1NCCCN1CCOCC1. The van der Waals surface area contributed by atoms with Crippen LogP contribution in [-0.4, -0.2) is 49.3 Å². The molecule has 94 valence electrons. The number of hydrogen-bond acceptors (Lipinski definition) is 4. The highest BCUT2D eigenvalue weighted by molar-refractivity contribution is 6.33. The van der Waals surface area contributed by atoms with Crippen molar-refractivity contribution in [2.24, 2.45) is 0 Å². The van der Waals surface area contributed by atoms with Crippen LogP contribution in [0, 0.1) is 0 Å². The van der Waals surface area contributed by atoms with Crippen molar-refractivity contribution in [3.8, 4) is 0 Å². The van der Waals surface area contributed by atoms with Crippen LogP contribution in [0.4, 0.5) is 5.69 Å². The third-order valence-electron chi connectivity index (χ3n) is 2.84. The lowest BCUT2D eigenvalue weighted by Crippen LogP contribution is -2.37. The molecular formula is C12H18ClN3O. The maximum atomic E-state index is 6.00. The summed E-state index contributed by atoms with van der Waals surface area (Å²) in [7, 11) is 0. The van der Waals surface area contributed by atoms with Gasteiger partial charge in [0.1, 0.15) is 0 Å². The number of halogens is 1. The van der Waals surface area contributed by atoms with Crippen LogP contribution in [0.1, 0.15) is 6.42 Å². The number of pyridine rings is 1. The number of hydrogen-bond donors (Lipinski definition) is 1. The minimum atomic E-state index is 0.680. The first-order valence-electron chi connectivity index (χ1n) is 6.00. The van der Waals surface area contributed by atoms with Crippen molar-refractivity contribution in [3.05, 3.63) is 23.5 Å². The molecule has 2 heterocycles. The molecule has 1 fully saturated rings. The van der Waals surface area contributed by atoms with Gasteiger partial charge in [-0.05, 0) is 19.0 Å². The highest BCUT2D eigenvalue weighted by atomic mass is 35.5. The molecule has 0 aliphatic carbocycles. The molecule has 0 unspecified atom stereocenters. The minimum Gasteiger partial charge on any atom is -0.384 e. The zero-order chi connectivity index (χ0) is 11.9. The van der Waals surface area contributed by atoms with Crippen molar-refractivity contribution in [2.45, 2.75) is 6.42 Å². The molecule has 0 bridgehead atoms. The Labute approximate surface area is 107 Å².